The van der Waals surface area contributed by atoms with E-state index in [-0.39, 0.29) is 18.1 Å². The van der Waals surface area contributed by atoms with Gasteiger partial charge in [-0.15, -0.1) is 0 Å². The molecule has 0 spiro atoms. The molecule has 0 atom stereocenters. The third kappa shape index (κ3) is 3.92. The van der Waals surface area contributed by atoms with Gasteiger partial charge >= 0.3 is 0 Å². The highest BCUT2D eigenvalue weighted by Gasteiger charge is 2.12. The Morgan fingerprint density at radius 1 is 1.26 bits per heavy atom. The second-order valence-electron chi connectivity index (χ2n) is 5.57. The van der Waals surface area contributed by atoms with Gasteiger partial charge in [0, 0.05) is 31.6 Å². The Hall–Kier alpha value is -2.30. The van der Waals surface area contributed by atoms with Crippen molar-refractivity contribution in [1.29, 1.82) is 0 Å². The highest BCUT2D eigenvalue weighted by atomic mass is 16.5. The van der Waals surface area contributed by atoms with Crippen LogP contribution < -0.4 is 10.3 Å². The molecule has 0 bridgehead atoms. The number of aryl methyl sites for hydroxylation is 1. The Labute approximate surface area is 136 Å². The molecule has 0 aliphatic heterocycles. The van der Waals surface area contributed by atoms with Crippen LogP contribution in [0, 0.1) is 0 Å². The Bertz CT molecular complexity index is 737. The largest absolute Gasteiger partial charge is 0.483 e. The lowest BCUT2D eigenvalue weighted by molar-refractivity contribution is -0.132. The second kappa shape index (κ2) is 7.81. The summed E-state index contributed by atoms with van der Waals surface area (Å²) in [6, 6.07) is 9.05. The summed E-state index contributed by atoms with van der Waals surface area (Å²) in [5.41, 5.74) is 0.706. The Morgan fingerprint density at radius 3 is 2.70 bits per heavy atom. The first-order valence-corrected chi connectivity index (χ1v) is 8.07. The van der Waals surface area contributed by atoms with Crippen LogP contribution in [0.25, 0.3) is 10.9 Å². The zero-order valence-corrected chi connectivity index (χ0v) is 14.0. The minimum absolute atomic E-state index is 0.0558. The first-order chi connectivity index (χ1) is 11.1. The first kappa shape index (κ1) is 17.1. The quantitative estimate of drug-likeness (QED) is 0.789. The fourth-order valence-electron chi connectivity index (χ4n) is 2.52. The van der Waals surface area contributed by atoms with E-state index in [4.69, 9.17) is 4.74 Å². The molecule has 0 aliphatic carbocycles. The first-order valence-electron chi connectivity index (χ1n) is 8.07. The molecular formula is C18H24N2O3. The summed E-state index contributed by atoms with van der Waals surface area (Å²) in [7, 11) is 1.77. The van der Waals surface area contributed by atoms with Crippen molar-refractivity contribution >= 4 is 16.8 Å². The number of ether oxygens (including phenoxy) is 1. The van der Waals surface area contributed by atoms with Crippen molar-refractivity contribution in [1.82, 2.24) is 9.47 Å². The van der Waals surface area contributed by atoms with Gasteiger partial charge in [-0.05, 0) is 25.5 Å². The molecule has 0 radical (unpaired) electrons. The molecule has 0 saturated heterocycles. The summed E-state index contributed by atoms with van der Waals surface area (Å²) < 4.78 is 7.35. The number of rotatable bonds is 7. The number of para-hydroxylation sites is 1. The number of unbranched alkanes of at least 4 members (excludes halogenated alkanes) is 1. The van der Waals surface area contributed by atoms with Crippen molar-refractivity contribution in [2.75, 3.05) is 20.2 Å². The van der Waals surface area contributed by atoms with E-state index in [9.17, 15) is 9.59 Å². The van der Waals surface area contributed by atoms with Crippen molar-refractivity contribution < 1.29 is 9.53 Å². The molecule has 2 rings (SSSR count). The fraction of sp³-hybridized carbons (Fsp3) is 0.444. The van der Waals surface area contributed by atoms with Crippen LogP contribution in [0.15, 0.2) is 35.1 Å². The van der Waals surface area contributed by atoms with Gasteiger partial charge in [0.1, 0.15) is 5.75 Å². The van der Waals surface area contributed by atoms with E-state index in [0.29, 0.717) is 12.3 Å². The van der Waals surface area contributed by atoms with Gasteiger partial charge in [0.2, 0.25) is 0 Å². The topological polar surface area (TPSA) is 51.5 Å². The van der Waals surface area contributed by atoms with E-state index < -0.39 is 0 Å². The molecule has 1 aromatic carbocycles. The molecule has 124 valence electrons. The molecule has 5 heteroatoms. The number of amides is 1. The number of carbonyl (C=O) groups excluding carboxylic acids is 1. The van der Waals surface area contributed by atoms with Gasteiger partial charge in [-0.2, -0.15) is 0 Å². The zero-order chi connectivity index (χ0) is 16.8. The number of fused-ring (bicyclic) bond motifs is 1. The van der Waals surface area contributed by atoms with Gasteiger partial charge in [0.05, 0.1) is 5.52 Å². The number of hydrogen-bond acceptors (Lipinski definition) is 3. The summed E-state index contributed by atoms with van der Waals surface area (Å²) in [5.74, 6) is 0.384. The smallest absolute Gasteiger partial charge is 0.260 e. The molecular weight excluding hydrogens is 292 g/mol. The normalized spacial score (nSPS) is 10.7. The predicted molar refractivity (Wildman–Crippen MR) is 91.9 cm³/mol. The molecule has 1 heterocycles. The Balaban J connectivity index is 2.21. The van der Waals surface area contributed by atoms with E-state index in [0.717, 1.165) is 30.3 Å². The lowest BCUT2D eigenvalue weighted by atomic mass is 10.2. The SMILES string of the molecule is CCCCN(C)C(=O)COc1cc(=O)n(CC)c2ccccc12. The van der Waals surface area contributed by atoms with Crippen LogP contribution in [0.3, 0.4) is 0 Å². The van der Waals surface area contributed by atoms with Gasteiger partial charge in [-0.3, -0.25) is 9.59 Å². The van der Waals surface area contributed by atoms with Crippen LogP contribution in [0.1, 0.15) is 26.7 Å². The van der Waals surface area contributed by atoms with Crippen LogP contribution in [-0.2, 0) is 11.3 Å². The molecule has 0 N–H and O–H groups in total. The van der Waals surface area contributed by atoms with Gasteiger partial charge in [0.15, 0.2) is 6.61 Å². The predicted octanol–water partition coefficient (Wildman–Crippen LogP) is 2.66. The number of benzene rings is 1. The zero-order valence-electron chi connectivity index (χ0n) is 14.0. The number of nitrogens with zero attached hydrogens (tertiary/aromatic N) is 2. The van der Waals surface area contributed by atoms with Crippen LogP contribution in [0.4, 0.5) is 0 Å². The maximum Gasteiger partial charge on any atom is 0.260 e. The van der Waals surface area contributed by atoms with Crippen LogP contribution in [0.5, 0.6) is 5.75 Å². The van der Waals surface area contributed by atoms with E-state index >= 15 is 0 Å². The average Bonchev–Trinajstić information content (AvgIpc) is 2.57. The second-order valence-corrected chi connectivity index (χ2v) is 5.57. The molecule has 2 aromatic rings. The molecule has 0 saturated carbocycles. The monoisotopic (exact) mass is 316 g/mol. The molecule has 1 amide bonds. The van der Waals surface area contributed by atoms with Crippen molar-refractivity contribution in [3.8, 4) is 5.75 Å². The highest BCUT2D eigenvalue weighted by molar-refractivity contribution is 5.86. The average molecular weight is 316 g/mol. The minimum atomic E-state index is -0.118. The van der Waals surface area contributed by atoms with Gasteiger partial charge < -0.3 is 14.2 Å². The highest BCUT2D eigenvalue weighted by Crippen LogP contribution is 2.23. The molecule has 5 nitrogen and oxygen atoms in total. The summed E-state index contributed by atoms with van der Waals surface area (Å²) in [6.07, 6.45) is 2.01. The van der Waals surface area contributed by atoms with Crippen LogP contribution in [0.2, 0.25) is 0 Å². The van der Waals surface area contributed by atoms with Crippen molar-refractivity contribution in [3.63, 3.8) is 0 Å². The number of hydrogen-bond donors (Lipinski definition) is 0. The van der Waals surface area contributed by atoms with Gasteiger partial charge in [-0.1, -0.05) is 25.5 Å². The molecule has 23 heavy (non-hydrogen) atoms. The summed E-state index contributed by atoms with van der Waals surface area (Å²) in [6.45, 7) is 5.28. The third-order valence-corrected chi connectivity index (χ3v) is 3.92. The third-order valence-electron chi connectivity index (χ3n) is 3.92. The molecule has 0 fully saturated rings. The standard InChI is InChI=1S/C18H24N2O3/c1-4-6-11-19(3)18(22)13-23-16-12-17(21)20(5-2)15-10-8-7-9-14(15)16/h7-10,12H,4-6,11,13H2,1-3H3. The molecule has 1 aromatic heterocycles. The van der Waals surface area contributed by atoms with Crippen molar-refractivity contribution in [3.05, 3.63) is 40.7 Å². The van der Waals surface area contributed by atoms with Crippen LogP contribution >= 0.6 is 0 Å². The van der Waals surface area contributed by atoms with E-state index in [1.807, 2.05) is 31.2 Å². The van der Waals surface area contributed by atoms with E-state index in [2.05, 4.69) is 6.92 Å². The molecule has 0 aliphatic rings. The number of carbonyl (C=O) groups is 1. The summed E-state index contributed by atoms with van der Waals surface area (Å²) in [5, 5.41) is 0.845. The number of likely N-dealkylation sites (N-methyl/N-ethyl adjacent to an activating group) is 1. The Morgan fingerprint density at radius 2 is 2.00 bits per heavy atom. The van der Waals surface area contributed by atoms with Crippen molar-refractivity contribution in [2.45, 2.75) is 33.2 Å². The Kier molecular flexibility index (Phi) is 5.79. The summed E-state index contributed by atoms with van der Waals surface area (Å²) in [4.78, 5) is 25.9. The minimum Gasteiger partial charge on any atom is -0.483 e. The van der Waals surface area contributed by atoms with Gasteiger partial charge in [-0.25, -0.2) is 0 Å². The number of pyridine rings is 1. The van der Waals surface area contributed by atoms with Crippen LogP contribution in [-0.4, -0.2) is 35.6 Å². The van der Waals surface area contributed by atoms with Crippen molar-refractivity contribution in [2.24, 2.45) is 0 Å². The van der Waals surface area contributed by atoms with E-state index in [1.54, 1.807) is 16.5 Å². The van der Waals surface area contributed by atoms with Gasteiger partial charge in [0.25, 0.3) is 11.5 Å². The molecule has 0 unspecified atom stereocenters. The fourth-order valence-corrected chi connectivity index (χ4v) is 2.52. The lowest BCUT2D eigenvalue weighted by Gasteiger charge is -2.18. The lowest BCUT2D eigenvalue weighted by Crippen LogP contribution is -2.32. The maximum absolute atomic E-state index is 12.2. The number of aromatic nitrogens is 1. The van der Waals surface area contributed by atoms with E-state index in [1.165, 1.54) is 6.07 Å². The maximum atomic E-state index is 12.2. The summed E-state index contributed by atoms with van der Waals surface area (Å²) >= 11 is 0.